The average Bonchev–Trinajstić information content (AvgIpc) is 0.911. The molecule has 0 aliphatic heterocycles. The summed E-state index contributed by atoms with van der Waals surface area (Å²) in [5.74, 6) is -1.94. The number of nitrogens with zero attached hydrogens (tertiary/aromatic N) is 3. The minimum Gasteiger partial charge on any atom is -0.481 e. The molecule has 0 saturated heterocycles. The first-order valence-corrected chi connectivity index (χ1v) is 41.5. The van der Waals surface area contributed by atoms with Crippen molar-refractivity contribution in [1.82, 2.24) is 14.7 Å². The normalized spacial score (nSPS) is 8.95. The fourth-order valence-electron chi connectivity index (χ4n) is 9.99. The van der Waals surface area contributed by atoms with Crippen LogP contribution < -0.4 is 0 Å². The molecule has 0 aliphatic rings. The van der Waals surface area contributed by atoms with Gasteiger partial charge in [0, 0.05) is 135 Å². The number of aryl methyl sites for hydroxylation is 8. The molecule has 0 unspecified atom stereocenters. The molecule has 2 amide bonds. The first-order chi connectivity index (χ1) is 60.0. The van der Waals surface area contributed by atoms with Crippen LogP contribution in [0.25, 0.3) is 0 Å². The topological polar surface area (TPSA) is 354 Å². The van der Waals surface area contributed by atoms with Crippen LogP contribution in [0.1, 0.15) is 158 Å². The van der Waals surface area contributed by atoms with E-state index in [4.69, 9.17) is 45.6 Å². The molecule has 0 aromatic heterocycles. The maximum absolute atomic E-state index is 12.3. The third-order valence-electron chi connectivity index (χ3n) is 16.4. The number of aliphatic hydroxyl groups excluding tert-OH is 6. The van der Waals surface area contributed by atoms with E-state index in [1.165, 1.54) is 128 Å². The zero-order chi connectivity index (χ0) is 95.5. The Balaban J connectivity index is -0.000000208. The van der Waals surface area contributed by atoms with Gasteiger partial charge < -0.3 is 79.2 Å². The van der Waals surface area contributed by atoms with Crippen LogP contribution in [0, 0.1) is 0 Å². The number of ether oxygens (including phenoxy) is 5. The Morgan fingerprint density at radius 2 is 0.411 bits per heavy atom. The number of esters is 4. The Morgan fingerprint density at radius 3 is 0.548 bits per heavy atom. The lowest BCUT2D eigenvalue weighted by atomic mass is 10.1. The Hall–Kier alpha value is -10.8. The van der Waals surface area contributed by atoms with E-state index in [1.807, 2.05) is 133 Å². The van der Waals surface area contributed by atoms with Gasteiger partial charge in [0.15, 0.2) is 0 Å². The first kappa shape index (κ1) is 129. The van der Waals surface area contributed by atoms with Crippen molar-refractivity contribution in [2.75, 3.05) is 130 Å². The summed E-state index contributed by atoms with van der Waals surface area (Å²) < 4.78 is 21.3. The van der Waals surface area contributed by atoms with Crippen LogP contribution in [-0.4, -0.2) is 233 Å². The van der Waals surface area contributed by atoms with Crippen molar-refractivity contribution in [2.24, 2.45) is 0 Å². The standard InChI is InChI=1S/2C20H25NO.C20H27N.2C9H10O2.C4H10O.4C3H6O2.6CH4O/c2*1-2-21(17-9-14-18-10-5-3-6-11-18)20(22)16-15-19-12-7-4-8-13-19;1-2-21(17-9-15-19-11-5-3-6-12-19)18-10-16-20-13-7-4-8-14-20;2*10-9(11)7-6-8-4-2-1-3-5-8;1-3-5-4-2;4*1-3(4)5-2;6*1-2/h2*3-8,10-13H,2,9,14-17H2,1H3;3-8,11-14H,2,9-10,15-18H2,1H3;2*1-5H,6-7H2,(H,10,11);3-4H2,1-2H3;4*1-2H3;6*2H,1H3. The van der Waals surface area contributed by atoms with Crippen LogP contribution in [0.3, 0.4) is 0 Å². The SMILES string of the molecule is CCN(CCCc1ccccc1)C(=O)CCc1ccccc1.CCN(CCCc1ccccc1)C(=O)CCc1ccccc1.CCN(CCCc1ccccc1)CCCc1ccccc1.CCOCC.CO.CO.CO.CO.CO.CO.COC(C)=O.COC(C)=O.COC(C)=O.COC(C)=O.O=C(O)CCc1ccccc1.O=C(O)CCc1ccccc1. The van der Waals surface area contributed by atoms with E-state index in [-0.39, 0.29) is 48.5 Å². The van der Waals surface area contributed by atoms with E-state index in [2.05, 4.69) is 178 Å². The lowest BCUT2D eigenvalue weighted by molar-refractivity contribution is -0.138. The highest BCUT2D eigenvalue weighted by Gasteiger charge is 2.13. The molecule has 0 atom stereocenters. The fraction of sp³-hybridized carbons (Fsp3) is 0.440. The highest BCUT2D eigenvalue weighted by Crippen LogP contribution is 2.12. The zero-order valence-electron chi connectivity index (χ0n) is 78.0. The number of carboxylic acids is 2. The van der Waals surface area contributed by atoms with Gasteiger partial charge in [0.1, 0.15) is 0 Å². The molecule has 24 nitrogen and oxygen atoms in total. The van der Waals surface area contributed by atoms with Gasteiger partial charge in [0.25, 0.3) is 0 Å². The molecule has 0 fully saturated rings. The van der Waals surface area contributed by atoms with E-state index in [1.54, 1.807) is 0 Å². The summed E-state index contributed by atoms with van der Waals surface area (Å²) in [4.78, 5) is 89.9. The van der Waals surface area contributed by atoms with Gasteiger partial charge in [-0.3, -0.25) is 38.4 Å². The number of methoxy groups -OCH3 is 4. The lowest BCUT2D eigenvalue weighted by Crippen LogP contribution is -2.32. The van der Waals surface area contributed by atoms with Crippen LogP contribution in [0.4, 0.5) is 0 Å². The van der Waals surface area contributed by atoms with Crippen molar-refractivity contribution in [2.45, 2.75) is 165 Å². The van der Waals surface area contributed by atoms with E-state index >= 15 is 0 Å². The number of rotatable bonds is 33. The Bertz CT molecular complexity index is 3320. The van der Waals surface area contributed by atoms with Crippen molar-refractivity contribution in [3.05, 3.63) is 287 Å². The molecule has 8 aromatic carbocycles. The maximum Gasteiger partial charge on any atom is 0.303 e. The Morgan fingerprint density at radius 1 is 0.250 bits per heavy atom. The van der Waals surface area contributed by atoms with E-state index in [9.17, 15) is 38.4 Å². The molecule has 0 spiro atoms. The zero-order valence-corrected chi connectivity index (χ0v) is 78.0. The van der Waals surface area contributed by atoms with Gasteiger partial charge in [-0.25, -0.2) is 0 Å². The Labute approximate surface area is 743 Å². The van der Waals surface area contributed by atoms with Crippen LogP contribution in [0.5, 0.6) is 0 Å². The average molecular weight is 1740 g/mol. The summed E-state index contributed by atoms with van der Waals surface area (Å²) in [7, 11) is 11.4. The lowest BCUT2D eigenvalue weighted by Gasteiger charge is -2.21. The van der Waals surface area contributed by atoms with Crippen molar-refractivity contribution >= 4 is 47.6 Å². The van der Waals surface area contributed by atoms with Gasteiger partial charge in [0.2, 0.25) is 11.8 Å². The van der Waals surface area contributed by atoms with Crippen molar-refractivity contribution in [3.8, 4) is 0 Å². The van der Waals surface area contributed by atoms with Crippen molar-refractivity contribution in [1.29, 1.82) is 0 Å². The maximum atomic E-state index is 12.3. The summed E-state index contributed by atoms with van der Waals surface area (Å²) >= 11 is 0. The van der Waals surface area contributed by atoms with Gasteiger partial charge in [-0.15, -0.1) is 0 Å². The number of carbonyl (C=O) groups excluding carboxylic acids is 6. The minimum absolute atomic E-state index is 0.212. The second-order valence-electron chi connectivity index (χ2n) is 25.0. The number of aliphatic hydroxyl groups is 6. The van der Waals surface area contributed by atoms with Crippen molar-refractivity contribution in [3.63, 3.8) is 0 Å². The highest BCUT2D eigenvalue weighted by atomic mass is 16.5. The predicted molar refractivity (Wildman–Crippen MR) is 502 cm³/mol. The number of benzene rings is 8. The second kappa shape index (κ2) is 103. The molecular formula is C100H155N3O21. The molecule has 0 saturated carbocycles. The summed E-state index contributed by atoms with van der Waals surface area (Å²) in [6.07, 6.45) is 13.5. The molecule has 0 heterocycles. The van der Waals surface area contributed by atoms with Crippen LogP contribution in [0.2, 0.25) is 0 Å². The summed E-state index contributed by atoms with van der Waals surface area (Å²) in [5, 5.41) is 58.7. The molecular weight excluding hydrogens is 1580 g/mol. The number of hydrogen-bond acceptors (Lipinski definition) is 20. The number of hydrogen-bond donors (Lipinski definition) is 8. The van der Waals surface area contributed by atoms with E-state index in [0.717, 1.165) is 138 Å². The van der Waals surface area contributed by atoms with Gasteiger partial charge in [0.05, 0.1) is 28.4 Å². The van der Waals surface area contributed by atoms with E-state index < -0.39 is 11.9 Å². The molecule has 0 radical (unpaired) electrons. The molecule has 696 valence electrons. The highest BCUT2D eigenvalue weighted by molar-refractivity contribution is 5.77. The molecule has 24 heteroatoms. The molecule has 8 rings (SSSR count). The van der Waals surface area contributed by atoms with E-state index in [0.29, 0.717) is 25.7 Å². The third kappa shape index (κ3) is 91.9. The summed E-state index contributed by atoms with van der Waals surface area (Å²) in [6, 6.07) is 82.2. The van der Waals surface area contributed by atoms with Crippen LogP contribution in [0.15, 0.2) is 243 Å². The fourth-order valence-corrected chi connectivity index (χ4v) is 9.99. The molecule has 124 heavy (non-hydrogen) atoms. The largest absolute Gasteiger partial charge is 0.481 e. The third-order valence-corrected chi connectivity index (χ3v) is 16.4. The Kier molecular flexibility index (Phi) is 107. The van der Waals surface area contributed by atoms with Gasteiger partial charge in [-0.2, -0.15) is 0 Å². The predicted octanol–water partition coefficient (Wildman–Crippen LogP) is 15.6. The number of amides is 2. The summed E-state index contributed by atoms with van der Waals surface area (Å²) in [5.41, 5.74) is 10.2. The van der Waals surface area contributed by atoms with Gasteiger partial charge in [-0.05, 0) is 169 Å². The quantitative estimate of drug-likeness (QED) is 0.0140. The molecule has 0 aliphatic carbocycles. The smallest absolute Gasteiger partial charge is 0.303 e. The second-order valence-corrected chi connectivity index (χ2v) is 25.0. The minimum atomic E-state index is -0.742. The molecule has 8 aromatic rings. The van der Waals surface area contributed by atoms with Crippen LogP contribution in [-0.2, 0) is 113 Å². The van der Waals surface area contributed by atoms with Crippen molar-refractivity contribution < 1.29 is 103 Å². The van der Waals surface area contributed by atoms with Gasteiger partial charge in [-0.1, -0.05) is 250 Å². The number of carboxylic acid groups (broad SMARTS) is 2. The van der Waals surface area contributed by atoms with Gasteiger partial charge >= 0.3 is 35.8 Å². The number of carbonyl (C=O) groups is 8. The first-order valence-electron chi connectivity index (χ1n) is 41.5. The molecule has 0 bridgehead atoms. The van der Waals surface area contributed by atoms with Crippen LogP contribution >= 0.6 is 0 Å². The molecule has 8 N–H and O–H groups in total. The number of aliphatic carboxylic acids is 2. The monoisotopic (exact) mass is 1730 g/mol. The summed E-state index contributed by atoms with van der Waals surface area (Å²) in [6.45, 7) is 24.4.